The molecule has 5 nitrogen and oxygen atoms in total. The summed E-state index contributed by atoms with van der Waals surface area (Å²) in [7, 11) is -1.06. The van der Waals surface area contributed by atoms with E-state index in [-0.39, 0.29) is 0 Å². The van der Waals surface area contributed by atoms with Gasteiger partial charge < -0.3 is 20.1 Å². The van der Waals surface area contributed by atoms with Crippen LogP contribution in [0.3, 0.4) is 0 Å². The zero-order valence-electron chi connectivity index (χ0n) is 13.5. The number of nitrogens with one attached hydrogen (secondary N) is 3. The molecule has 0 aliphatic rings. The maximum Gasteiger partial charge on any atom is 0.119 e. The van der Waals surface area contributed by atoms with Crippen LogP contribution >= 0.6 is 11.6 Å². The van der Waals surface area contributed by atoms with E-state index in [4.69, 9.17) is 16.3 Å². The van der Waals surface area contributed by atoms with E-state index in [0.29, 0.717) is 6.61 Å². The molecule has 0 aromatic heterocycles. The minimum absolute atomic E-state index is 0.591. The van der Waals surface area contributed by atoms with Gasteiger partial charge in [-0.3, -0.25) is 0 Å². The molecular weight excluding hydrogens is 346 g/mol. The van der Waals surface area contributed by atoms with Crippen LogP contribution in [0.25, 0.3) is 0 Å². The van der Waals surface area contributed by atoms with Crippen molar-refractivity contribution in [3.63, 3.8) is 0 Å². The Balaban J connectivity index is 1.54. The normalized spacial score (nSPS) is 11.8. The van der Waals surface area contributed by atoms with Crippen LogP contribution in [0.4, 0.5) is 11.4 Å². The summed E-state index contributed by atoms with van der Waals surface area (Å²) in [6.45, 7) is 3.03. The lowest BCUT2D eigenvalue weighted by Crippen LogP contribution is -2.26. The molecule has 0 radical (unpaired) electrons. The third kappa shape index (κ3) is 7.21. The molecule has 7 heteroatoms. The van der Waals surface area contributed by atoms with Crippen molar-refractivity contribution >= 4 is 34.0 Å². The second-order valence-corrected chi connectivity index (χ2v) is 6.66. The van der Waals surface area contributed by atoms with E-state index in [1.807, 2.05) is 48.5 Å². The summed E-state index contributed by atoms with van der Waals surface area (Å²) in [6.07, 6.45) is 1.60. The summed E-state index contributed by atoms with van der Waals surface area (Å²) in [6, 6.07) is 15.1. The van der Waals surface area contributed by atoms with Crippen LogP contribution in [0.5, 0.6) is 5.75 Å². The van der Waals surface area contributed by atoms with Crippen molar-refractivity contribution in [3.05, 3.63) is 53.6 Å². The predicted molar refractivity (Wildman–Crippen MR) is 102 cm³/mol. The molecule has 0 spiro atoms. The van der Waals surface area contributed by atoms with Crippen molar-refractivity contribution in [1.82, 2.24) is 5.32 Å². The molecule has 0 amide bonds. The van der Waals surface area contributed by atoms with Crippen LogP contribution in [0, 0.1) is 0 Å². The van der Waals surface area contributed by atoms with Gasteiger partial charge in [0.1, 0.15) is 23.3 Å². The highest BCUT2D eigenvalue weighted by atomic mass is 35.5. The zero-order valence-corrected chi connectivity index (χ0v) is 15.1. The number of hydrogen-bond donors (Lipinski definition) is 3. The minimum Gasteiger partial charge on any atom is -0.492 e. The molecule has 2 aromatic rings. The number of hydrogen-bond acceptors (Lipinski definition) is 4. The van der Waals surface area contributed by atoms with Gasteiger partial charge in [0.2, 0.25) is 0 Å². The van der Waals surface area contributed by atoms with E-state index in [9.17, 15) is 4.21 Å². The van der Waals surface area contributed by atoms with Crippen molar-refractivity contribution in [1.29, 1.82) is 0 Å². The molecule has 24 heavy (non-hydrogen) atoms. The lowest BCUT2D eigenvalue weighted by atomic mass is 10.3. The van der Waals surface area contributed by atoms with Gasteiger partial charge in [-0.15, -0.1) is 0 Å². The predicted octanol–water partition coefficient (Wildman–Crippen LogP) is 3.13. The third-order valence-electron chi connectivity index (χ3n) is 3.14. The Morgan fingerprint density at radius 2 is 1.62 bits per heavy atom. The van der Waals surface area contributed by atoms with Crippen LogP contribution in [-0.4, -0.2) is 36.7 Å². The van der Waals surface area contributed by atoms with E-state index in [0.717, 1.165) is 41.8 Å². The maximum atomic E-state index is 11.1. The van der Waals surface area contributed by atoms with E-state index in [1.54, 1.807) is 6.26 Å². The average molecular weight is 368 g/mol. The van der Waals surface area contributed by atoms with Crippen LogP contribution in [-0.2, 0) is 11.0 Å². The fourth-order valence-electron chi connectivity index (χ4n) is 2.01. The topological polar surface area (TPSA) is 62.4 Å². The molecule has 0 saturated carbocycles. The van der Waals surface area contributed by atoms with Crippen LogP contribution in [0.1, 0.15) is 0 Å². The summed E-state index contributed by atoms with van der Waals surface area (Å²) in [5.74, 6) is 0.795. The largest absolute Gasteiger partial charge is 0.492 e. The lowest BCUT2D eigenvalue weighted by Gasteiger charge is -2.10. The molecule has 0 heterocycles. The fraction of sp³-hybridized carbons (Fsp3) is 0.294. The van der Waals surface area contributed by atoms with E-state index < -0.39 is 11.0 Å². The second-order valence-electron chi connectivity index (χ2n) is 5.11. The first-order chi connectivity index (χ1) is 11.6. The van der Waals surface area contributed by atoms with Crippen molar-refractivity contribution in [3.8, 4) is 5.75 Å². The van der Waals surface area contributed by atoms with Crippen molar-refractivity contribution < 1.29 is 8.95 Å². The van der Waals surface area contributed by atoms with E-state index >= 15 is 0 Å². The fourth-order valence-corrected chi connectivity index (χ4v) is 2.61. The molecule has 1 unspecified atom stereocenters. The first kappa shape index (κ1) is 18.6. The molecule has 0 aliphatic heterocycles. The molecule has 0 fully saturated rings. The Bertz CT molecular complexity index is 635. The smallest absolute Gasteiger partial charge is 0.119 e. The highest BCUT2D eigenvalue weighted by Crippen LogP contribution is 2.15. The monoisotopic (exact) mass is 367 g/mol. The van der Waals surface area contributed by atoms with Gasteiger partial charge in [-0.2, -0.15) is 0 Å². The molecule has 130 valence electrons. The Labute approximate surface area is 150 Å². The molecule has 1 atom stereocenters. The molecule has 0 aliphatic carbocycles. The average Bonchev–Trinajstić information content (AvgIpc) is 2.56. The van der Waals surface area contributed by atoms with Crippen LogP contribution in [0.15, 0.2) is 48.5 Å². The van der Waals surface area contributed by atoms with Gasteiger partial charge in [-0.1, -0.05) is 11.6 Å². The van der Waals surface area contributed by atoms with E-state index in [1.165, 1.54) is 0 Å². The summed E-state index contributed by atoms with van der Waals surface area (Å²) in [5.41, 5.74) is 1.87. The first-order valence-corrected chi connectivity index (χ1v) is 9.60. The molecule has 3 N–H and O–H groups in total. The van der Waals surface area contributed by atoms with Gasteiger partial charge in [0, 0.05) is 42.3 Å². The molecule has 2 rings (SSSR count). The Hall–Kier alpha value is -1.76. The lowest BCUT2D eigenvalue weighted by molar-refractivity contribution is 0.315. The third-order valence-corrected chi connectivity index (χ3v) is 3.91. The second kappa shape index (κ2) is 10.2. The Morgan fingerprint density at radius 1 is 0.958 bits per heavy atom. The zero-order chi connectivity index (χ0) is 17.2. The minimum atomic E-state index is -1.06. The van der Waals surface area contributed by atoms with Gasteiger partial charge in [0.15, 0.2) is 0 Å². The van der Waals surface area contributed by atoms with Gasteiger partial charge in [-0.05, 0) is 48.5 Å². The summed E-state index contributed by atoms with van der Waals surface area (Å²) in [5, 5.41) is 7.36. The van der Waals surface area contributed by atoms with Gasteiger partial charge in [0.25, 0.3) is 0 Å². The SMILES string of the molecule is CS(=O)Nc1ccc(OCCNCCNc2ccc(Cl)cc2)cc1. The van der Waals surface area contributed by atoms with Crippen molar-refractivity contribution in [2.45, 2.75) is 0 Å². The number of benzene rings is 2. The van der Waals surface area contributed by atoms with Gasteiger partial charge in [-0.25, -0.2) is 4.21 Å². The highest BCUT2D eigenvalue weighted by molar-refractivity contribution is 7.85. The van der Waals surface area contributed by atoms with Gasteiger partial charge >= 0.3 is 0 Å². The number of anilines is 2. The Kier molecular flexibility index (Phi) is 7.88. The standard InChI is InChI=1S/C17H22ClN3O2S/c1-24(22)21-16-6-8-17(9-7-16)23-13-12-19-10-11-20-15-4-2-14(18)3-5-15/h2-9,19-21H,10-13H2,1H3. The maximum absolute atomic E-state index is 11.1. The van der Waals surface area contributed by atoms with E-state index in [2.05, 4.69) is 15.4 Å². The summed E-state index contributed by atoms with van der Waals surface area (Å²) < 4.78 is 19.5. The first-order valence-electron chi connectivity index (χ1n) is 7.66. The number of halogens is 1. The van der Waals surface area contributed by atoms with Crippen molar-refractivity contribution in [2.75, 3.05) is 42.5 Å². The number of rotatable bonds is 10. The number of ether oxygens (including phenoxy) is 1. The molecular formula is C17H22ClN3O2S. The summed E-state index contributed by atoms with van der Waals surface area (Å²) in [4.78, 5) is 0. The van der Waals surface area contributed by atoms with Gasteiger partial charge in [0.05, 0.1) is 0 Å². The molecule has 2 aromatic carbocycles. The summed E-state index contributed by atoms with van der Waals surface area (Å²) >= 11 is 5.84. The van der Waals surface area contributed by atoms with Crippen LogP contribution in [0.2, 0.25) is 5.02 Å². The molecule has 0 bridgehead atoms. The quantitative estimate of drug-likeness (QED) is 0.564. The van der Waals surface area contributed by atoms with Crippen molar-refractivity contribution in [2.24, 2.45) is 0 Å². The Morgan fingerprint density at radius 3 is 2.29 bits per heavy atom. The highest BCUT2D eigenvalue weighted by Gasteiger charge is 1.97. The van der Waals surface area contributed by atoms with Crippen LogP contribution < -0.4 is 20.1 Å². The molecule has 0 saturated heterocycles.